The monoisotopic (exact) mass is 216 g/mol. The van der Waals surface area contributed by atoms with Crippen LogP contribution < -0.4 is 10.6 Å². The molecule has 5 nitrogen and oxygen atoms in total. The average molecular weight is 216 g/mol. The molecular formula is C10H20N2O3. The summed E-state index contributed by atoms with van der Waals surface area (Å²) in [6.45, 7) is 4.22. The number of hydrogen-bond donors (Lipinski definition) is 3. The Balaban J connectivity index is 3.66. The minimum atomic E-state index is -0.795. The molecule has 2 atom stereocenters. The van der Waals surface area contributed by atoms with Gasteiger partial charge in [0.1, 0.15) is 0 Å². The highest BCUT2D eigenvalue weighted by atomic mass is 16.4. The molecule has 5 heteroatoms. The van der Waals surface area contributed by atoms with E-state index in [-0.39, 0.29) is 24.3 Å². The van der Waals surface area contributed by atoms with Crippen LogP contribution in [0, 0.1) is 5.92 Å². The molecule has 0 aromatic rings. The number of carbonyl (C=O) groups excluding carboxylic acids is 1. The van der Waals surface area contributed by atoms with Crippen molar-refractivity contribution in [3.63, 3.8) is 0 Å². The fraction of sp³-hybridized carbons (Fsp3) is 0.800. The van der Waals surface area contributed by atoms with Gasteiger partial charge in [-0.15, -0.1) is 0 Å². The second kappa shape index (κ2) is 7.23. The Morgan fingerprint density at radius 3 is 2.40 bits per heavy atom. The van der Waals surface area contributed by atoms with E-state index >= 15 is 0 Å². The fourth-order valence-corrected chi connectivity index (χ4v) is 1.03. The molecule has 0 spiro atoms. The van der Waals surface area contributed by atoms with E-state index in [4.69, 9.17) is 5.11 Å². The first-order valence-corrected chi connectivity index (χ1v) is 5.14. The van der Waals surface area contributed by atoms with Gasteiger partial charge in [-0.05, 0) is 26.3 Å². The molecule has 1 amide bonds. The summed E-state index contributed by atoms with van der Waals surface area (Å²) < 4.78 is 0. The second-order valence-corrected chi connectivity index (χ2v) is 3.79. The summed E-state index contributed by atoms with van der Waals surface area (Å²) in [6.07, 6.45) is 0.738. The summed E-state index contributed by atoms with van der Waals surface area (Å²) in [5.74, 6) is -0.662. The van der Waals surface area contributed by atoms with Crippen LogP contribution in [0.4, 0.5) is 0 Å². The van der Waals surface area contributed by atoms with Crippen LogP contribution in [0.25, 0.3) is 0 Å². The van der Waals surface area contributed by atoms with E-state index in [1.165, 1.54) is 0 Å². The van der Waals surface area contributed by atoms with E-state index in [0.717, 1.165) is 0 Å². The Morgan fingerprint density at radius 1 is 1.33 bits per heavy atom. The van der Waals surface area contributed by atoms with Crippen LogP contribution in [0.1, 0.15) is 26.7 Å². The minimum Gasteiger partial charge on any atom is -0.481 e. The van der Waals surface area contributed by atoms with Crippen LogP contribution in [-0.4, -0.2) is 36.6 Å². The molecule has 0 bridgehead atoms. The summed E-state index contributed by atoms with van der Waals surface area (Å²) in [5.41, 5.74) is 0. The quantitative estimate of drug-likeness (QED) is 0.568. The largest absolute Gasteiger partial charge is 0.481 e. The number of amides is 1. The van der Waals surface area contributed by atoms with E-state index in [2.05, 4.69) is 10.6 Å². The molecule has 15 heavy (non-hydrogen) atoms. The number of carboxylic acids is 1. The third kappa shape index (κ3) is 6.90. The van der Waals surface area contributed by atoms with Gasteiger partial charge in [-0.2, -0.15) is 0 Å². The first-order valence-electron chi connectivity index (χ1n) is 5.14. The maximum atomic E-state index is 11.3. The third-order valence-electron chi connectivity index (χ3n) is 2.30. The molecule has 88 valence electrons. The summed E-state index contributed by atoms with van der Waals surface area (Å²) in [4.78, 5) is 21.6. The van der Waals surface area contributed by atoms with Gasteiger partial charge in [0.25, 0.3) is 0 Å². The topological polar surface area (TPSA) is 78.4 Å². The van der Waals surface area contributed by atoms with Gasteiger partial charge in [0.05, 0.1) is 6.04 Å². The zero-order valence-electron chi connectivity index (χ0n) is 9.54. The summed E-state index contributed by atoms with van der Waals surface area (Å²) in [5, 5.41) is 14.1. The first-order chi connectivity index (χ1) is 6.97. The number of aliphatic carboxylic acids is 1. The van der Waals surface area contributed by atoms with Crippen molar-refractivity contribution in [1.29, 1.82) is 0 Å². The normalized spacial score (nSPS) is 14.3. The van der Waals surface area contributed by atoms with Gasteiger partial charge < -0.3 is 15.7 Å². The second-order valence-electron chi connectivity index (χ2n) is 3.79. The maximum absolute atomic E-state index is 11.3. The lowest BCUT2D eigenvalue weighted by Crippen LogP contribution is -2.41. The standard InChI is InChI=1S/C10H20N2O3/c1-7(4-5-9(13)14)6-12-10(15)8(2)11-3/h7-8,11H,4-6H2,1-3H3,(H,12,15)(H,13,14). The fourth-order valence-electron chi connectivity index (χ4n) is 1.03. The summed E-state index contributed by atoms with van der Waals surface area (Å²) in [7, 11) is 1.72. The lowest BCUT2D eigenvalue weighted by Gasteiger charge is -2.14. The highest BCUT2D eigenvalue weighted by Gasteiger charge is 2.11. The molecule has 0 heterocycles. The minimum absolute atomic E-state index is 0.0559. The average Bonchev–Trinajstić information content (AvgIpc) is 2.21. The molecular weight excluding hydrogens is 196 g/mol. The van der Waals surface area contributed by atoms with Gasteiger partial charge in [0.15, 0.2) is 0 Å². The molecule has 0 saturated carbocycles. The number of nitrogens with one attached hydrogen (secondary N) is 2. The summed E-state index contributed by atoms with van der Waals surface area (Å²) >= 11 is 0. The molecule has 0 rings (SSSR count). The van der Waals surface area contributed by atoms with Crippen molar-refractivity contribution >= 4 is 11.9 Å². The molecule has 0 aromatic carbocycles. The molecule has 0 saturated heterocycles. The first kappa shape index (κ1) is 13.9. The van der Waals surface area contributed by atoms with E-state index in [9.17, 15) is 9.59 Å². The molecule has 0 aliphatic carbocycles. The Hall–Kier alpha value is -1.10. The lowest BCUT2D eigenvalue weighted by molar-refractivity contribution is -0.137. The Bertz CT molecular complexity index is 219. The molecule has 3 N–H and O–H groups in total. The van der Waals surface area contributed by atoms with Crippen LogP contribution in [0.2, 0.25) is 0 Å². The van der Waals surface area contributed by atoms with E-state index in [1.807, 2.05) is 6.92 Å². The number of carbonyl (C=O) groups is 2. The van der Waals surface area contributed by atoms with Crippen LogP contribution in [0.3, 0.4) is 0 Å². The predicted octanol–water partition coefficient (Wildman–Crippen LogP) is 0.211. The van der Waals surface area contributed by atoms with Crippen LogP contribution >= 0.6 is 0 Å². The molecule has 0 fully saturated rings. The van der Waals surface area contributed by atoms with Crippen LogP contribution in [-0.2, 0) is 9.59 Å². The highest BCUT2D eigenvalue weighted by Crippen LogP contribution is 2.03. The van der Waals surface area contributed by atoms with Crippen molar-refractivity contribution in [2.75, 3.05) is 13.6 Å². The van der Waals surface area contributed by atoms with Crippen molar-refractivity contribution in [2.45, 2.75) is 32.7 Å². The zero-order chi connectivity index (χ0) is 11.8. The number of rotatable bonds is 7. The van der Waals surface area contributed by atoms with Crippen molar-refractivity contribution in [1.82, 2.24) is 10.6 Å². The molecule has 0 aliphatic heterocycles. The zero-order valence-corrected chi connectivity index (χ0v) is 9.54. The van der Waals surface area contributed by atoms with E-state index in [0.29, 0.717) is 13.0 Å². The number of carboxylic acid groups (broad SMARTS) is 1. The molecule has 2 unspecified atom stereocenters. The molecule has 0 aromatic heterocycles. The Morgan fingerprint density at radius 2 is 1.93 bits per heavy atom. The van der Waals surface area contributed by atoms with Gasteiger partial charge in [-0.3, -0.25) is 9.59 Å². The van der Waals surface area contributed by atoms with Crippen LogP contribution in [0.15, 0.2) is 0 Å². The number of hydrogen-bond acceptors (Lipinski definition) is 3. The van der Waals surface area contributed by atoms with Crippen molar-refractivity contribution < 1.29 is 14.7 Å². The Kier molecular flexibility index (Phi) is 6.70. The SMILES string of the molecule is CNC(C)C(=O)NCC(C)CCC(=O)O. The van der Waals surface area contributed by atoms with E-state index < -0.39 is 5.97 Å². The highest BCUT2D eigenvalue weighted by molar-refractivity contribution is 5.81. The van der Waals surface area contributed by atoms with Gasteiger partial charge in [0.2, 0.25) is 5.91 Å². The molecule has 0 aliphatic rings. The van der Waals surface area contributed by atoms with Gasteiger partial charge in [-0.1, -0.05) is 6.92 Å². The lowest BCUT2D eigenvalue weighted by atomic mass is 10.1. The van der Waals surface area contributed by atoms with Crippen molar-refractivity contribution in [3.8, 4) is 0 Å². The molecule has 0 radical (unpaired) electrons. The van der Waals surface area contributed by atoms with Crippen molar-refractivity contribution in [2.24, 2.45) is 5.92 Å². The van der Waals surface area contributed by atoms with Gasteiger partial charge >= 0.3 is 5.97 Å². The predicted molar refractivity (Wildman–Crippen MR) is 57.6 cm³/mol. The third-order valence-corrected chi connectivity index (χ3v) is 2.30. The smallest absolute Gasteiger partial charge is 0.303 e. The van der Waals surface area contributed by atoms with Crippen LogP contribution in [0.5, 0.6) is 0 Å². The van der Waals surface area contributed by atoms with Crippen molar-refractivity contribution in [3.05, 3.63) is 0 Å². The maximum Gasteiger partial charge on any atom is 0.303 e. The van der Waals surface area contributed by atoms with E-state index in [1.54, 1.807) is 14.0 Å². The Labute approximate surface area is 90.2 Å². The summed E-state index contributed by atoms with van der Waals surface area (Å²) in [6, 6.07) is -0.211. The van der Waals surface area contributed by atoms with Gasteiger partial charge in [-0.25, -0.2) is 0 Å². The number of likely N-dealkylation sites (N-methyl/N-ethyl adjacent to an activating group) is 1. The van der Waals surface area contributed by atoms with Gasteiger partial charge in [0, 0.05) is 13.0 Å².